The van der Waals surface area contributed by atoms with Crippen LogP contribution in [0.25, 0.3) is 10.8 Å². The summed E-state index contributed by atoms with van der Waals surface area (Å²) in [5.41, 5.74) is 2.99. The molecule has 0 unspecified atom stereocenters. The van der Waals surface area contributed by atoms with Crippen LogP contribution < -0.4 is 0 Å². The van der Waals surface area contributed by atoms with Crippen molar-refractivity contribution in [2.24, 2.45) is 20.5 Å². The molecule has 0 aliphatic carbocycles. The lowest BCUT2D eigenvalue weighted by atomic mass is 10.0. The first-order valence-electron chi connectivity index (χ1n) is 11.5. The maximum Gasteiger partial charge on any atom is 0.296 e. The van der Waals surface area contributed by atoms with Gasteiger partial charge in [-0.1, -0.05) is 23.2 Å². The summed E-state index contributed by atoms with van der Waals surface area (Å²) >= 11 is 0.575. The van der Waals surface area contributed by atoms with Gasteiger partial charge in [0, 0.05) is 15.7 Å². The Morgan fingerprint density at radius 2 is 1.24 bits per heavy atom. The zero-order valence-electron chi connectivity index (χ0n) is 21.6. The Morgan fingerprint density at radius 3 is 1.83 bits per heavy atom. The average molecular weight is 619 g/mol. The van der Waals surface area contributed by atoms with Gasteiger partial charge in [0.2, 0.25) is 0 Å². The predicted molar refractivity (Wildman–Crippen MR) is 150 cm³/mol. The number of aryl methyl sites for hydroxylation is 3. The van der Waals surface area contributed by atoms with Gasteiger partial charge < -0.3 is 0 Å². The average Bonchev–Trinajstić information content (AvgIpc) is 2.91. The Morgan fingerprint density at radius 1 is 0.659 bits per heavy atom. The second kappa shape index (κ2) is 12.1. The van der Waals surface area contributed by atoms with E-state index in [1.54, 1.807) is 51.1 Å². The molecule has 0 amide bonds. The minimum absolute atomic E-state index is 0.185. The fourth-order valence-electron chi connectivity index (χ4n) is 3.95. The van der Waals surface area contributed by atoms with Crippen LogP contribution in [0.1, 0.15) is 16.7 Å². The summed E-state index contributed by atoms with van der Waals surface area (Å²) in [6.07, 6.45) is 0. The lowest BCUT2D eigenvalue weighted by Gasteiger charge is -2.09. The summed E-state index contributed by atoms with van der Waals surface area (Å²) in [7, 11) is -9.08. The van der Waals surface area contributed by atoms with Crippen LogP contribution in [0, 0.1) is 20.8 Å². The van der Waals surface area contributed by atoms with Gasteiger partial charge in [-0.2, -0.15) is 27.1 Å². The highest BCUT2D eigenvalue weighted by atomic mass is 32.2. The van der Waals surface area contributed by atoms with Crippen molar-refractivity contribution in [2.75, 3.05) is 0 Å². The number of hydrogen-bond acceptors (Lipinski definition) is 12. The molecule has 0 aliphatic rings. The fraction of sp³-hybridized carbons (Fsp3) is 0.120. The first-order chi connectivity index (χ1) is 19.3. The number of azo groups is 2. The van der Waals surface area contributed by atoms with Gasteiger partial charge in [0.25, 0.3) is 20.2 Å². The molecular formula is C25H22N4O9S3. The molecule has 4 rings (SSSR count). The Hall–Kier alpha value is -3.61. The first-order valence-corrected chi connectivity index (χ1v) is 15.1. The van der Waals surface area contributed by atoms with E-state index in [2.05, 4.69) is 29.8 Å². The minimum atomic E-state index is -4.62. The molecule has 0 aromatic heterocycles. The molecular weight excluding hydrogens is 596 g/mol. The lowest BCUT2D eigenvalue weighted by molar-refractivity contribution is -0.432. The van der Waals surface area contributed by atoms with Gasteiger partial charge in [-0.25, -0.2) is 5.26 Å². The molecule has 41 heavy (non-hydrogen) atoms. The molecule has 0 saturated heterocycles. The number of benzene rings is 4. The molecule has 0 radical (unpaired) electrons. The third kappa shape index (κ3) is 7.00. The maximum atomic E-state index is 11.9. The fourth-order valence-corrected chi connectivity index (χ4v) is 5.72. The molecule has 0 spiro atoms. The molecule has 0 aliphatic heterocycles. The van der Waals surface area contributed by atoms with E-state index >= 15 is 0 Å². The SMILES string of the molecule is Cc1cc(N=Nc2ccc(C)c3c(S(=O)(=O)O)cccc23)c(C)cc1N=Nc1cc(SOOO)ccc1S(=O)(=O)O. The van der Waals surface area contributed by atoms with E-state index in [4.69, 9.17) is 5.26 Å². The smallest absolute Gasteiger partial charge is 0.282 e. The van der Waals surface area contributed by atoms with Crippen molar-refractivity contribution in [3.8, 4) is 0 Å². The molecule has 16 heteroatoms. The number of rotatable bonds is 9. The molecule has 214 valence electrons. The number of fused-ring (bicyclic) bond motifs is 1. The van der Waals surface area contributed by atoms with E-state index in [9.17, 15) is 25.9 Å². The molecule has 0 saturated carbocycles. The molecule has 4 aromatic rings. The molecule has 0 atom stereocenters. The molecule has 0 bridgehead atoms. The van der Waals surface area contributed by atoms with E-state index in [-0.39, 0.29) is 10.6 Å². The van der Waals surface area contributed by atoms with Gasteiger partial charge in [-0.05, 0) is 79.9 Å². The second-order valence-corrected chi connectivity index (χ2v) is 12.3. The highest BCUT2D eigenvalue weighted by Gasteiger charge is 2.18. The zero-order valence-corrected chi connectivity index (χ0v) is 24.0. The van der Waals surface area contributed by atoms with Gasteiger partial charge >= 0.3 is 0 Å². The Labute approximate surface area is 239 Å². The minimum Gasteiger partial charge on any atom is -0.282 e. The van der Waals surface area contributed by atoms with E-state index in [0.717, 1.165) is 6.07 Å². The highest BCUT2D eigenvalue weighted by Crippen LogP contribution is 2.37. The Balaban J connectivity index is 1.69. The molecule has 13 nitrogen and oxygen atoms in total. The van der Waals surface area contributed by atoms with Gasteiger partial charge in [0.1, 0.15) is 15.5 Å². The molecule has 0 heterocycles. The van der Waals surface area contributed by atoms with E-state index < -0.39 is 25.1 Å². The summed E-state index contributed by atoms with van der Waals surface area (Å²) < 4.78 is 71.0. The van der Waals surface area contributed by atoms with E-state index in [1.165, 1.54) is 24.3 Å². The van der Waals surface area contributed by atoms with Crippen molar-refractivity contribution >= 4 is 65.8 Å². The van der Waals surface area contributed by atoms with Crippen molar-refractivity contribution < 1.29 is 40.6 Å². The zero-order chi connectivity index (χ0) is 29.9. The van der Waals surface area contributed by atoms with Crippen molar-refractivity contribution in [2.45, 2.75) is 35.5 Å². The summed E-state index contributed by atoms with van der Waals surface area (Å²) in [5.74, 6) is 0. The standard InChI is InChI=1S/C25H22N4O9S3/c1-14-7-9-19(18-5-4-6-24(25(14)18)41(34,35)36)26-27-20-11-16(3)21(12-15(20)2)28-29-22-13-17(39-38-37-30)8-10-23(22)40(31,32)33/h4-13,30H,1-3H3,(H,31,32,33)(H,34,35,36). The Kier molecular flexibility index (Phi) is 8.95. The quantitative estimate of drug-likeness (QED) is 0.0554. The van der Waals surface area contributed by atoms with Crippen LogP contribution in [0.3, 0.4) is 0 Å². The van der Waals surface area contributed by atoms with Gasteiger partial charge in [-0.15, -0.1) is 14.6 Å². The monoisotopic (exact) mass is 618 g/mol. The maximum absolute atomic E-state index is 11.9. The topological polar surface area (TPSA) is 197 Å². The van der Waals surface area contributed by atoms with Crippen LogP contribution in [0.4, 0.5) is 22.7 Å². The molecule has 0 fully saturated rings. The van der Waals surface area contributed by atoms with Crippen LogP contribution >= 0.6 is 12.0 Å². The third-order valence-corrected chi connectivity index (χ3v) is 8.25. The predicted octanol–water partition coefficient (Wildman–Crippen LogP) is 7.52. The van der Waals surface area contributed by atoms with Crippen molar-refractivity contribution in [3.05, 3.63) is 77.4 Å². The molecule has 3 N–H and O–H groups in total. The van der Waals surface area contributed by atoms with Gasteiger partial charge in [0.05, 0.1) is 29.1 Å². The van der Waals surface area contributed by atoms with Gasteiger partial charge in [0.15, 0.2) is 0 Å². The number of hydrogen-bond donors (Lipinski definition) is 3. The third-order valence-electron chi connectivity index (χ3n) is 5.88. The highest BCUT2D eigenvalue weighted by molar-refractivity contribution is 7.94. The number of nitrogens with zero attached hydrogens (tertiary/aromatic N) is 4. The van der Waals surface area contributed by atoms with Crippen LogP contribution in [-0.2, 0) is 29.6 Å². The van der Waals surface area contributed by atoms with Crippen molar-refractivity contribution in [1.29, 1.82) is 0 Å². The van der Waals surface area contributed by atoms with Gasteiger partial charge in [-0.3, -0.25) is 9.11 Å². The van der Waals surface area contributed by atoms with Crippen molar-refractivity contribution in [3.63, 3.8) is 0 Å². The van der Waals surface area contributed by atoms with Crippen LogP contribution in [-0.4, -0.2) is 31.2 Å². The Bertz CT molecular complexity index is 1930. The summed E-state index contributed by atoms with van der Waals surface area (Å²) in [5, 5.41) is 29.5. The van der Waals surface area contributed by atoms with E-state index in [0.29, 0.717) is 61.5 Å². The summed E-state index contributed by atoms with van der Waals surface area (Å²) in [6.45, 7) is 5.21. The summed E-state index contributed by atoms with van der Waals surface area (Å²) in [4.78, 5) is -0.406. The molecule has 4 aromatic carbocycles. The van der Waals surface area contributed by atoms with Crippen molar-refractivity contribution in [1.82, 2.24) is 0 Å². The normalized spacial score (nSPS) is 12.6. The lowest BCUT2D eigenvalue weighted by Crippen LogP contribution is -2.00. The second-order valence-electron chi connectivity index (χ2n) is 8.71. The summed E-state index contributed by atoms with van der Waals surface area (Å²) in [6, 6.07) is 14.9. The van der Waals surface area contributed by atoms with E-state index in [1.807, 2.05) is 0 Å². The van der Waals surface area contributed by atoms with Crippen LogP contribution in [0.15, 0.2) is 95.8 Å². The first kappa shape index (κ1) is 30.4. The van der Waals surface area contributed by atoms with Crippen LogP contribution in [0.2, 0.25) is 0 Å². The van der Waals surface area contributed by atoms with Crippen LogP contribution in [0.5, 0.6) is 0 Å². The largest absolute Gasteiger partial charge is 0.296 e.